The van der Waals surface area contributed by atoms with Crippen molar-refractivity contribution in [1.82, 2.24) is 13.6 Å². The van der Waals surface area contributed by atoms with Crippen LogP contribution < -0.4 is 5.32 Å². The van der Waals surface area contributed by atoms with E-state index in [0.717, 1.165) is 50.0 Å². The Labute approximate surface area is 99.0 Å². The highest BCUT2D eigenvalue weighted by molar-refractivity contribution is 6.99. The van der Waals surface area contributed by atoms with Gasteiger partial charge in [0.05, 0.1) is 11.7 Å². The van der Waals surface area contributed by atoms with Gasteiger partial charge in [0.25, 0.3) is 0 Å². The maximum atomic E-state index is 5.88. The maximum Gasteiger partial charge on any atom is 0.186 e. The first-order valence-corrected chi connectivity index (χ1v) is 6.37. The zero-order chi connectivity index (χ0) is 10.7. The number of hydrogen-bond acceptors (Lipinski definition) is 5. The molecular weight excluding hydrogens is 232 g/mol. The van der Waals surface area contributed by atoms with Gasteiger partial charge >= 0.3 is 0 Å². The number of halogens is 1. The van der Waals surface area contributed by atoms with Gasteiger partial charge in [-0.25, -0.2) is 0 Å². The first-order chi connectivity index (χ1) is 7.29. The third-order valence-electron chi connectivity index (χ3n) is 2.82. The molecular formula is C9H15ClN4S. The minimum atomic E-state index is 0.495. The normalized spacial score (nSPS) is 19.3. The number of nitrogens with zero attached hydrogens (tertiary/aromatic N) is 3. The molecule has 1 fully saturated rings. The molecule has 84 valence electrons. The smallest absolute Gasteiger partial charge is 0.186 e. The van der Waals surface area contributed by atoms with Gasteiger partial charge in [-0.3, -0.25) is 0 Å². The van der Waals surface area contributed by atoms with Gasteiger partial charge in [-0.05, 0) is 19.4 Å². The van der Waals surface area contributed by atoms with Crippen LogP contribution in [0.25, 0.3) is 0 Å². The molecule has 1 aromatic rings. The van der Waals surface area contributed by atoms with Crippen molar-refractivity contribution in [2.75, 3.05) is 25.0 Å². The summed E-state index contributed by atoms with van der Waals surface area (Å²) in [5.41, 5.74) is 0. The lowest BCUT2D eigenvalue weighted by Crippen LogP contribution is -2.38. The molecule has 2 rings (SSSR count). The summed E-state index contributed by atoms with van der Waals surface area (Å²) < 4.78 is 8.06. The molecule has 0 saturated carbocycles. The van der Waals surface area contributed by atoms with Crippen LogP contribution in [0.5, 0.6) is 0 Å². The average Bonchev–Trinajstić information content (AvgIpc) is 2.66. The van der Waals surface area contributed by atoms with Crippen LogP contribution in [0.4, 0.5) is 5.82 Å². The van der Waals surface area contributed by atoms with E-state index in [4.69, 9.17) is 11.6 Å². The molecule has 0 unspecified atom stereocenters. The fourth-order valence-corrected chi connectivity index (χ4v) is 2.51. The predicted molar refractivity (Wildman–Crippen MR) is 63.7 cm³/mol. The lowest BCUT2D eigenvalue weighted by Gasteiger charge is -2.31. The topological polar surface area (TPSA) is 41.0 Å². The zero-order valence-electron chi connectivity index (χ0n) is 8.74. The van der Waals surface area contributed by atoms with Crippen molar-refractivity contribution >= 4 is 29.1 Å². The second-order valence-electron chi connectivity index (χ2n) is 3.76. The predicted octanol–water partition coefficient (Wildman–Crippen LogP) is 2.09. The van der Waals surface area contributed by atoms with Crippen LogP contribution >= 0.6 is 23.3 Å². The summed E-state index contributed by atoms with van der Waals surface area (Å²) in [6.45, 7) is 5.66. The molecule has 2 heterocycles. The van der Waals surface area contributed by atoms with Crippen molar-refractivity contribution < 1.29 is 0 Å². The van der Waals surface area contributed by atoms with Gasteiger partial charge in [-0.2, -0.15) is 8.75 Å². The van der Waals surface area contributed by atoms with E-state index in [2.05, 4.69) is 25.9 Å². The van der Waals surface area contributed by atoms with Crippen LogP contribution in [0.2, 0.25) is 5.15 Å². The summed E-state index contributed by atoms with van der Waals surface area (Å²) in [6.07, 6.45) is 2.31. The quantitative estimate of drug-likeness (QED) is 0.887. The van der Waals surface area contributed by atoms with Crippen molar-refractivity contribution in [3.63, 3.8) is 0 Å². The third kappa shape index (κ3) is 2.80. The molecule has 0 aliphatic carbocycles. The summed E-state index contributed by atoms with van der Waals surface area (Å²) in [4.78, 5) is 2.46. The minimum absolute atomic E-state index is 0.495. The lowest BCUT2D eigenvalue weighted by atomic mass is 10.1. The third-order valence-corrected chi connectivity index (χ3v) is 3.72. The van der Waals surface area contributed by atoms with Gasteiger partial charge in [0, 0.05) is 19.1 Å². The summed E-state index contributed by atoms with van der Waals surface area (Å²) in [7, 11) is 0. The molecule has 0 aromatic carbocycles. The summed E-state index contributed by atoms with van der Waals surface area (Å²) >= 11 is 7.03. The molecule has 1 aliphatic heterocycles. The summed E-state index contributed by atoms with van der Waals surface area (Å²) in [6, 6.07) is 0.495. The Hall–Kier alpha value is -0.390. The fourth-order valence-electron chi connectivity index (χ4n) is 1.85. The average molecular weight is 247 g/mol. The Balaban J connectivity index is 1.85. The van der Waals surface area contributed by atoms with Gasteiger partial charge in [0.15, 0.2) is 11.0 Å². The Morgan fingerprint density at radius 1 is 1.47 bits per heavy atom. The first kappa shape index (κ1) is 11.1. The van der Waals surface area contributed by atoms with Crippen molar-refractivity contribution in [2.24, 2.45) is 0 Å². The first-order valence-electron chi connectivity index (χ1n) is 5.26. The van der Waals surface area contributed by atoms with Gasteiger partial charge in [0.2, 0.25) is 0 Å². The number of anilines is 1. The molecule has 1 N–H and O–H groups in total. The second-order valence-corrected chi connectivity index (χ2v) is 4.64. The monoisotopic (exact) mass is 246 g/mol. The minimum Gasteiger partial charge on any atom is -0.364 e. The van der Waals surface area contributed by atoms with Crippen LogP contribution in [0.1, 0.15) is 19.8 Å². The molecule has 0 atom stereocenters. The van der Waals surface area contributed by atoms with E-state index < -0.39 is 0 Å². The molecule has 0 amide bonds. The standard InChI is InChI=1S/C9H15ClN4S/c1-2-14-5-3-7(4-6-14)11-9-8(10)12-15-13-9/h7H,2-6H2,1H3,(H,11,13). The Bertz CT molecular complexity index is 309. The van der Waals surface area contributed by atoms with Crippen LogP contribution in [0, 0.1) is 0 Å². The molecule has 0 spiro atoms. The van der Waals surface area contributed by atoms with E-state index >= 15 is 0 Å². The SMILES string of the molecule is CCN1CCC(Nc2nsnc2Cl)CC1. The van der Waals surface area contributed by atoms with E-state index in [1.165, 1.54) is 0 Å². The number of piperidine rings is 1. The van der Waals surface area contributed by atoms with E-state index in [-0.39, 0.29) is 0 Å². The van der Waals surface area contributed by atoms with Gasteiger partial charge in [-0.15, -0.1) is 0 Å². The second kappa shape index (κ2) is 5.09. The van der Waals surface area contributed by atoms with Crippen LogP contribution in [0.15, 0.2) is 0 Å². The zero-order valence-corrected chi connectivity index (χ0v) is 10.3. The van der Waals surface area contributed by atoms with E-state index in [1.54, 1.807) is 0 Å². The van der Waals surface area contributed by atoms with Gasteiger partial charge in [-0.1, -0.05) is 18.5 Å². The van der Waals surface area contributed by atoms with Gasteiger partial charge < -0.3 is 10.2 Å². The van der Waals surface area contributed by atoms with E-state index in [9.17, 15) is 0 Å². The number of likely N-dealkylation sites (tertiary alicyclic amines) is 1. The number of hydrogen-bond donors (Lipinski definition) is 1. The van der Waals surface area contributed by atoms with Crippen LogP contribution in [-0.2, 0) is 0 Å². The van der Waals surface area contributed by atoms with Crippen molar-refractivity contribution in [3.8, 4) is 0 Å². The molecule has 1 aromatic heterocycles. The highest BCUT2D eigenvalue weighted by Crippen LogP contribution is 2.21. The number of nitrogens with one attached hydrogen (secondary N) is 1. The van der Waals surface area contributed by atoms with Crippen molar-refractivity contribution in [2.45, 2.75) is 25.8 Å². The van der Waals surface area contributed by atoms with Crippen molar-refractivity contribution in [1.29, 1.82) is 0 Å². The molecule has 15 heavy (non-hydrogen) atoms. The Kier molecular flexibility index (Phi) is 3.77. The van der Waals surface area contributed by atoms with Gasteiger partial charge in [0.1, 0.15) is 0 Å². The Morgan fingerprint density at radius 3 is 2.73 bits per heavy atom. The lowest BCUT2D eigenvalue weighted by molar-refractivity contribution is 0.229. The molecule has 1 saturated heterocycles. The van der Waals surface area contributed by atoms with Crippen LogP contribution in [-0.4, -0.2) is 39.3 Å². The van der Waals surface area contributed by atoms with Crippen molar-refractivity contribution in [3.05, 3.63) is 5.15 Å². The largest absolute Gasteiger partial charge is 0.364 e. The molecule has 0 bridgehead atoms. The highest BCUT2D eigenvalue weighted by Gasteiger charge is 2.19. The molecule has 4 nitrogen and oxygen atoms in total. The van der Waals surface area contributed by atoms with E-state index in [1.807, 2.05) is 0 Å². The van der Waals surface area contributed by atoms with Crippen LogP contribution in [0.3, 0.4) is 0 Å². The fraction of sp³-hybridized carbons (Fsp3) is 0.778. The Morgan fingerprint density at radius 2 is 2.20 bits per heavy atom. The summed E-state index contributed by atoms with van der Waals surface area (Å²) in [5, 5.41) is 3.85. The van der Waals surface area contributed by atoms with E-state index in [0.29, 0.717) is 11.2 Å². The molecule has 1 aliphatic rings. The highest BCUT2D eigenvalue weighted by atomic mass is 35.5. The number of aromatic nitrogens is 2. The molecule has 6 heteroatoms. The molecule has 0 radical (unpaired) electrons. The maximum absolute atomic E-state index is 5.88. The number of rotatable bonds is 3. The summed E-state index contributed by atoms with van der Waals surface area (Å²) in [5.74, 6) is 0.747.